The van der Waals surface area contributed by atoms with E-state index in [9.17, 15) is 4.79 Å². The molecule has 1 aromatic heterocycles. The lowest BCUT2D eigenvalue weighted by molar-refractivity contribution is -0.112. The largest absolute Gasteiger partial charge is 0.303 e. The summed E-state index contributed by atoms with van der Waals surface area (Å²) in [4.78, 5) is 15.2. The van der Waals surface area contributed by atoms with Crippen molar-refractivity contribution in [1.82, 2.24) is 9.55 Å². The fourth-order valence-corrected chi connectivity index (χ4v) is 1.60. The van der Waals surface area contributed by atoms with Crippen LogP contribution in [0.15, 0.2) is 36.7 Å². The molecule has 3 heteroatoms. The molecule has 0 amide bonds. The van der Waals surface area contributed by atoms with Gasteiger partial charge < -0.3 is 4.57 Å². The molecule has 0 atom stereocenters. The molecule has 15 heavy (non-hydrogen) atoms. The Labute approximate surface area is 88.0 Å². The van der Waals surface area contributed by atoms with Gasteiger partial charge in [-0.2, -0.15) is 0 Å². The zero-order valence-electron chi connectivity index (χ0n) is 8.77. The van der Waals surface area contributed by atoms with Crippen LogP contribution in [0.3, 0.4) is 0 Å². The molecule has 0 saturated heterocycles. The number of aromatic nitrogens is 2. The van der Waals surface area contributed by atoms with Gasteiger partial charge in [0, 0.05) is 11.8 Å². The SMILES string of the molecule is CC(=O)/C=C(/C)n1cnc2ccccc21. The van der Waals surface area contributed by atoms with E-state index < -0.39 is 0 Å². The third kappa shape index (κ3) is 1.81. The Morgan fingerprint density at radius 1 is 1.33 bits per heavy atom. The van der Waals surface area contributed by atoms with E-state index in [1.54, 1.807) is 19.3 Å². The molecule has 3 nitrogen and oxygen atoms in total. The molecule has 0 bridgehead atoms. The van der Waals surface area contributed by atoms with E-state index in [0.717, 1.165) is 16.7 Å². The number of ketones is 1. The summed E-state index contributed by atoms with van der Waals surface area (Å²) in [5.41, 5.74) is 2.84. The van der Waals surface area contributed by atoms with Crippen molar-refractivity contribution < 1.29 is 4.79 Å². The van der Waals surface area contributed by atoms with Gasteiger partial charge in [0.05, 0.1) is 11.0 Å². The molecule has 1 heterocycles. The van der Waals surface area contributed by atoms with E-state index in [2.05, 4.69) is 4.98 Å². The van der Waals surface area contributed by atoms with Crippen molar-refractivity contribution in [3.05, 3.63) is 36.7 Å². The number of benzene rings is 1. The summed E-state index contributed by atoms with van der Waals surface area (Å²) in [6.07, 6.45) is 3.34. The van der Waals surface area contributed by atoms with Crippen molar-refractivity contribution >= 4 is 22.5 Å². The lowest BCUT2D eigenvalue weighted by atomic mass is 10.3. The van der Waals surface area contributed by atoms with Gasteiger partial charge >= 0.3 is 0 Å². The molecular formula is C12H12N2O. The van der Waals surface area contributed by atoms with Crippen LogP contribution in [0.25, 0.3) is 16.7 Å². The van der Waals surface area contributed by atoms with Gasteiger partial charge in [0.25, 0.3) is 0 Å². The normalized spacial score (nSPS) is 12.0. The molecule has 0 radical (unpaired) electrons. The highest BCUT2D eigenvalue weighted by molar-refractivity contribution is 5.93. The number of carbonyl (C=O) groups excluding carboxylic acids is 1. The third-order valence-electron chi connectivity index (χ3n) is 2.25. The average molecular weight is 200 g/mol. The number of para-hydroxylation sites is 2. The summed E-state index contributed by atoms with van der Waals surface area (Å²) in [6, 6.07) is 7.85. The maximum Gasteiger partial charge on any atom is 0.154 e. The van der Waals surface area contributed by atoms with E-state index in [1.807, 2.05) is 35.8 Å². The molecule has 0 N–H and O–H groups in total. The van der Waals surface area contributed by atoms with Crippen LogP contribution in [0, 0.1) is 0 Å². The molecule has 0 aliphatic heterocycles. The predicted molar refractivity (Wildman–Crippen MR) is 60.4 cm³/mol. The van der Waals surface area contributed by atoms with Crippen LogP contribution in [0.2, 0.25) is 0 Å². The molecule has 0 spiro atoms. The molecule has 0 aliphatic rings. The number of allylic oxidation sites excluding steroid dienone is 2. The predicted octanol–water partition coefficient (Wildman–Crippen LogP) is 2.49. The zero-order chi connectivity index (χ0) is 10.8. The van der Waals surface area contributed by atoms with Crippen LogP contribution in [0.5, 0.6) is 0 Å². The fraction of sp³-hybridized carbons (Fsp3) is 0.167. The lowest BCUT2D eigenvalue weighted by Gasteiger charge is -2.02. The van der Waals surface area contributed by atoms with E-state index in [1.165, 1.54) is 0 Å². The number of carbonyl (C=O) groups is 1. The van der Waals surface area contributed by atoms with Gasteiger partial charge in [-0.1, -0.05) is 12.1 Å². The van der Waals surface area contributed by atoms with Crippen LogP contribution in [-0.4, -0.2) is 15.3 Å². The summed E-state index contributed by atoms with van der Waals surface area (Å²) in [7, 11) is 0. The molecule has 76 valence electrons. The topological polar surface area (TPSA) is 34.9 Å². The molecule has 2 rings (SSSR count). The summed E-state index contributed by atoms with van der Waals surface area (Å²) < 4.78 is 1.91. The smallest absolute Gasteiger partial charge is 0.154 e. The standard InChI is InChI=1S/C12H12N2O/c1-9(7-10(2)15)14-8-13-11-5-3-4-6-12(11)14/h3-8H,1-2H3/b9-7-. The Morgan fingerprint density at radius 3 is 2.80 bits per heavy atom. The van der Waals surface area contributed by atoms with E-state index in [4.69, 9.17) is 0 Å². The molecular weight excluding hydrogens is 188 g/mol. The number of imidazole rings is 1. The third-order valence-corrected chi connectivity index (χ3v) is 2.25. The van der Waals surface area contributed by atoms with E-state index >= 15 is 0 Å². The van der Waals surface area contributed by atoms with Crippen molar-refractivity contribution in [2.24, 2.45) is 0 Å². The Hall–Kier alpha value is -1.90. The molecule has 0 fully saturated rings. The monoisotopic (exact) mass is 200 g/mol. The summed E-state index contributed by atoms with van der Waals surface area (Å²) >= 11 is 0. The van der Waals surface area contributed by atoms with Crippen molar-refractivity contribution in [3.8, 4) is 0 Å². The van der Waals surface area contributed by atoms with Crippen molar-refractivity contribution in [3.63, 3.8) is 0 Å². The Bertz CT molecular complexity index is 537. The molecule has 0 unspecified atom stereocenters. The fourth-order valence-electron chi connectivity index (χ4n) is 1.60. The number of rotatable bonds is 2. The number of hydrogen-bond donors (Lipinski definition) is 0. The Kier molecular flexibility index (Phi) is 2.37. The number of fused-ring (bicyclic) bond motifs is 1. The zero-order valence-corrected chi connectivity index (χ0v) is 8.77. The van der Waals surface area contributed by atoms with Crippen molar-refractivity contribution in [1.29, 1.82) is 0 Å². The van der Waals surface area contributed by atoms with Gasteiger partial charge in [-0.3, -0.25) is 4.79 Å². The Morgan fingerprint density at radius 2 is 2.07 bits per heavy atom. The molecule has 2 aromatic rings. The highest BCUT2D eigenvalue weighted by Gasteiger charge is 2.02. The van der Waals surface area contributed by atoms with E-state index in [0.29, 0.717) is 0 Å². The number of nitrogens with zero attached hydrogens (tertiary/aromatic N) is 2. The van der Waals surface area contributed by atoms with Crippen molar-refractivity contribution in [2.45, 2.75) is 13.8 Å². The summed E-state index contributed by atoms with van der Waals surface area (Å²) in [6.45, 7) is 3.44. The summed E-state index contributed by atoms with van der Waals surface area (Å²) in [5.74, 6) is 0.0466. The van der Waals surface area contributed by atoms with Gasteiger partial charge in [0.2, 0.25) is 0 Å². The maximum absolute atomic E-state index is 11.0. The van der Waals surface area contributed by atoms with Gasteiger partial charge in [-0.05, 0) is 26.0 Å². The van der Waals surface area contributed by atoms with Crippen LogP contribution in [0.1, 0.15) is 13.8 Å². The highest BCUT2D eigenvalue weighted by atomic mass is 16.1. The van der Waals surface area contributed by atoms with Crippen LogP contribution in [0.4, 0.5) is 0 Å². The maximum atomic E-state index is 11.0. The van der Waals surface area contributed by atoms with Crippen LogP contribution >= 0.6 is 0 Å². The first-order valence-corrected chi connectivity index (χ1v) is 4.80. The van der Waals surface area contributed by atoms with E-state index in [-0.39, 0.29) is 5.78 Å². The second-order valence-electron chi connectivity index (χ2n) is 3.50. The van der Waals surface area contributed by atoms with Gasteiger partial charge in [-0.15, -0.1) is 0 Å². The molecule has 0 saturated carbocycles. The second kappa shape index (κ2) is 3.69. The van der Waals surface area contributed by atoms with Gasteiger partial charge in [0.15, 0.2) is 5.78 Å². The summed E-state index contributed by atoms with van der Waals surface area (Å²) in [5, 5.41) is 0. The first kappa shape index (κ1) is 9.65. The lowest BCUT2D eigenvalue weighted by Crippen LogP contribution is -1.94. The Balaban J connectivity index is 2.57. The van der Waals surface area contributed by atoms with Gasteiger partial charge in [0.1, 0.15) is 6.33 Å². The molecule has 0 aliphatic carbocycles. The minimum Gasteiger partial charge on any atom is -0.303 e. The first-order valence-electron chi connectivity index (χ1n) is 4.80. The van der Waals surface area contributed by atoms with Crippen LogP contribution in [-0.2, 0) is 4.79 Å². The first-order chi connectivity index (χ1) is 7.18. The minimum atomic E-state index is 0.0466. The molecule has 1 aromatic carbocycles. The van der Waals surface area contributed by atoms with Crippen molar-refractivity contribution in [2.75, 3.05) is 0 Å². The highest BCUT2D eigenvalue weighted by Crippen LogP contribution is 2.16. The van der Waals surface area contributed by atoms with Gasteiger partial charge in [-0.25, -0.2) is 4.98 Å². The minimum absolute atomic E-state index is 0.0466. The second-order valence-corrected chi connectivity index (χ2v) is 3.50. The number of hydrogen-bond acceptors (Lipinski definition) is 2. The van der Waals surface area contributed by atoms with Crippen LogP contribution < -0.4 is 0 Å². The average Bonchev–Trinajstić information content (AvgIpc) is 2.59. The quantitative estimate of drug-likeness (QED) is 0.698.